The van der Waals surface area contributed by atoms with Gasteiger partial charge in [-0.25, -0.2) is 4.98 Å². The Morgan fingerprint density at radius 3 is 2.37 bits per heavy atom. The van der Waals surface area contributed by atoms with E-state index in [1.165, 1.54) is 4.90 Å². The summed E-state index contributed by atoms with van der Waals surface area (Å²) in [6.07, 6.45) is 3.16. The molecular weight excluding hydrogens is 380 g/mol. The topological polar surface area (TPSA) is 99.2 Å². The number of rotatable bonds is 3. The van der Waals surface area contributed by atoms with Crippen molar-refractivity contribution in [2.45, 2.75) is 6.04 Å². The number of ketones is 1. The number of aromatic amines is 1. The van der Waals surface area contributed by atoms with Gasteiger partial charge in [0.05, 0.1) is 22.6 Å². The molecule has 1 atom stereocenters. The van der Waals surface area contributed by atoms with Gasteiger partial charge in [-0.15, -0.1) is 0 Å². The number of imidazole rings is 1. The van der Waals surface area contributed by atoms with Crippen LogP contribution in [-0.2, 0) is 9.59 Å². The molecule has 1 fully saturated rings. The number of fused-ring (bicyclic) bond motifs is 1. The lowest BCUT2D eigenvalue weighted by molar-refractivity contribution is -0.132. The third-order valence-corrected chi connectivity index (χ3v) is 5.12. The van der Waals surface area contributed by atoms with E-state index in [2.05, 4.69) is 15.0 Å². The fraction of sp³-hybridized carbons (Fsp3) is 0.0435. The molecular formula is C23H16N4O3. The highest BCUT2D eigenvalue weighted by Crippen LogP contribution is 2.41. The average Bonchev–Trinajstić information content (AvgIpc) is 3.33. The van der Waals surface area contributed by atoms with Gasteiger partial charge in [0.1, 0.15) is 5.76 Å². The number of para-hydroxylation sites is 2. The van der Waals surface area contributed by atoms with Crippen LogP contribution in [0.1, 0.15) is 17.2 Å². The number of aliphatic hydroxyl groups excluding tert-OH is 1. The maximum atomic E-state index is 13.1. The monoisotopic (exact) mass is 396 g/mol. The van der Waals surface area contributed by atoms with Crippen LogP contribution >= 0.6 is 0 Å². The number of hydrogen-bond donors (Lipinski definition) is 2. The van der Waals surface area contributed by atoms with Gasteiger partial charge < -0.3 is 10.1 Å². The number of nitrogens with one attached hydrogen (secondary N) is 1. The molecule has 30 heavy (non-hydrogen) atoms. The van der Waals surface area contributed by atoms with E-state index in [1.54, 1.807) is 48.8 Å². The third kappa shape index (κ3) is 2.76. The highest BCUT2D eigenvalue weighted by molar-refractivity contribution is 6.51. The number of Topliss-reactive ketones (excluding diaryl/α,β-unsaturated/α-hetero) is 1. The first-order valence-electron chi connectivity index (χ1n) is 9.36. The molecule has 1 amide bonds. The first-order valence-corrected chi connectivity index (χ1v) is 9.36. The van der Waals surface area contributed by atoms with Crippen molar-refractivity contribution in [1.82, 2.24) is 15.0 Å². The van der Waals surface area contributed by atoms with E-state index in [0.717, 1.165) is 5.52 Å². The summed E-state index contributed by atoms with van der Waals surface area (Å²) in [6, 6.07) is 18.6. The van der Waals surface area contributed by atoms with Crippen LogP contribution in [0.3, 0.4) is 0 Å². The molecule has 7 heteroatoms. The maximum absolute atomic E-state index is 13.1. The first kappa shape index (κ1) is 17.8. The van der Waals surface area contributed by atoms with Gasteiger partial charge >= 0.3 is 5.91 Å². The van der Waals surface area contributed by atoms with Crippen molar-refractivity contribution in [3.63, 3.8) is 0 Å². The van der Waals surface area contributed by atoms with Gasteiger partial charge in [0.15, 0.2) is 0 Å². The molecule has 2 aromatic carbocycles. The minimum atomic E-state index is -0.839. The Balaban J connectivity index is 1.74. The minimum Gasteiger partial charge on any atom is -0.507 e. The van der Waals surface area contributed by atoms with Crippen molar-refractivity contribution in [3.05, 3.63) is 95.8 Å². The molecule has 7 nitrogen and oxygen atoms in total. The zero-order valence-corrected chi connectivity index (χ0v) is 15.7. The predicted octanol–water partition coefficient (Wildman–Crippen LogP) is 3.58. The van der Waals surface area contributed by atoms with Gasteiger partial charge in [-0.2, -0.15) is 0 Å². The van der Waals surface area contributed by atoms with Crippen LogP contribution in [-0.4, -0.2) is 31.7 Å². The number of hydrogen-bond acceptors (Lipinski definition) is 5. The first-order chi connectivity index (χ1) is 14.6. The lowest BCUT2D eigenvalue weighted by atomic mass is 9.96. The van der Waals surface area contributed by atoms with Crippen LogP contribution in [0.4, 0.5) is 5.95 Å². The Kier molecular flexibility index (Phi) is 4.14. The zero-order chi connectivity index (χ0) is 20.7. The Labute approximate surface area is 171 Å². The fourth-order valence-electron chi connectivity index (χ4n) is 3.72. The lowest BCUT2D eigenvalue weighted by Gasteiger charge is -2.22. The van der Waals surface area contributed by atoms with Crippen LogP contribution in [0, 0.1) is 0 Å². The number of H-pyrrole nitrogens is 1. The zero-order valence-electron chi connectivity index (χ0n) is 15.7. The summed E-state index contributed by atoms with van der Waals surface area (Å²) < 4.78 is 0. The van der Waals surface area contributed by atoms with Gasteiger partial charge in [0.25, 0.3) is 5.78 Å². The van der Waals surface area contributed by atoms with E-state index in [0.29, 0.717) is 16.6 Å². The molecule has 146 valence electrons. The SMILES string of the molecule is O=C1C(=O)N(c2nc3ccccc3[nH]2)C(c2ccncc2)/C1=C(\O)c1ccccc1. The second-order valence-corrected chi connectivity index (χ2v) is 6.89. The molecule has 0 bridgehead atoms. The predicted molar refractivity (Wildman–Crippen MR) is 112 cm³/mol. The highest BCUT2D eigenvalue weighted by atomic mass is 16.3. The molecule has 2 N–H and O–H groups in total. The van der Waals surface area contributed by atoms with Crippen LogP contribution in [0.15, 0.2) is 84.7 Å². The van der Waals surface area contributed by atoms with E-state index in [1.807, 2.05) is 30.3 Å². The summed E-state index contributed by atoms with van der Waals surface area (Å²) in [7, 11) is 0. The molecule has 5 rings (SSSR count). The van der Waals surface area contributed by atoms with Gasteiger partial charge in [0, 0.05) is 18.0 Å². The second kappa shape index (κ2) is 6.97. The maximum Gasteiger partial charge on any atom is 0.302 e. The normalized spacial score (nSPS) is 18.3. The molecule has 1 aliphatic rings. The van der Waals surface area contributed by atoms with Crippen molar-refractivity contribution in [3.8, 4) is 0 Å². The number of amides is 1. The van der Waals surface area contributed by atoms with Crippen LogP contribution < -0.4 is 4.90 Å². The standard InChI is InChI=1S/C23H16N4O3/c28-20(15-6-2-1-3-7-15)18-19(14-10-12-24-13-11-14)27(22(30)21(18)29)23-25-16-8-4-5-9-17(16)26-23/h1-13,19,28H,(H,25,26)/b20-18+. The summed E-state index contributed by atoms with van der Waals surface area (Å²) in [5.41, 5.74) is 2.52. The number of pyridine rings is 1. The number of aliphatic hydroxyl groups is 1. The van der Waals surface area contributed by atoms with E-state index < -0.39 is 17.7 Å². The molecule has 1 saturated heterocycles. The lowest BCUT2D eigenvalue weighted by Crippen LogP contribution is -2.30. The number of carbonyl (C=O) groups excluding carboxylic acids is 2. The molecule has 0 radical (unpaired) electrons. The number of aromatic nitrogens is 3. The Morgan fingerprint density at radius 2 is 1.63 bits per heavy atom. The summed E-state index contributed by atoms with van der Waals surface area (Å²) in [5.74, 6) is -1.51. The molecule has 0 aliphatic carbocycles. The quantitative estimate of drug-likeness (QED) is 0.313. The third-order valence-electron chi connectivity index (χ3n) is 5.12. The van der Waals surface area contributed by atoms with Gasteiger partial charge in [-0.1, -0.05) is 42.5 Å². The fourth-order valence-corrected chi connectivity index (χ4v) is 3.72. The van der Waals surface area contributed by atoms with Crippen molar-refractivity contribution in [2.24, 2.45) is 0 Å². The van der Waals surface area contributed by atoms with Crippen LogP contribution in [0.25, 0.3) is 16.8 Å². The molecule has 4 aromatic rings. The number of carbonyl (C=O) groups is 2. The molecule has 1 unspecified atom stereocenters. The van der Waals surface area contributed by atoms with E-state index in [-0.39, 0.29) is 17.3 Å². The summed E-state index contributed by atoms with van der Waals surface area (Å²) in [4.78, 5) is 39.0. The van der Waals surface area contributed by atoms with Crippen LogP contribution in [0.5, 0.6) is 0 Å². The molecule has 0 spiro atoms. The minimum absolute atomic E-state index is 0.0119. The molecule has 2 aromatic heterocycles. The summed E-state index contributed by atoms with van der Waals surface area (Å²) >= 11 is 0. The Bertz CT molecular complexity index is 1260. The second-order valence-electron chi connectivity index (χ2n) is 6.89. The Morgan fingerprint density at radius 1 is 0.933 bits per heavy atom. The van der Waals surface area contributed by atoms with Crippen molar-refractivity contribution >= 4 is 34.4 Å². The highest BCUT2D eigenvalue weighted by Gasteiger charge is 2.48. The van der Waals surface area contributed by atoms with Gasteiger partial charge in [-0.05, 0) is 29.8 Å². The molecule has 1 aliphatic heterocycles. The van der Waals surface area contributed by atoms with E-state index >= 15 is 0 Å². The van der Waals surface area contributed by atoms with Crippen LogP contribution in [0.2, 0.25) is 0 Å². The van der Waals surface area contributed by atoms with E-state index in [9.17, 15) is 14.7 Å². The van der Waals surface area contributed by atoms with Gasteiger partial charge in [-0.3, -0.25) is 19.5 Å². The molecule has 3 heterocycles. The summed E-state index contributed by atoms with van der Waals surface area (Å²) in [5, 5.41) is 11.0. The van der Waals surface area contributed by atoms with Crippen molar-refractivity contribution in [2.75, 3.05) is 4.90 Å². The largest absolute Gasteiger partial charge is 0.507 e. The van der Waals surface area contributed by atoms with Crippen molar-refractivity contribution < 1.29 is 14.7 Å². The smallest absolute Gasteiger partial charge is 0.302 e. The number of benzene rings is 2. The summed E-state index contributed by atoms with van der Waals surface area (Å²) in [6.45, 7) is 0. The number of anilines is 1. The van der Waals surface area contributed by atoms with Crippen molar-refractivity contribution in [1.29, 1.82) is 0 Å². The molecule has 0 saturated carbocycles. The number of nitrogens with zero attached hydrogens (tertiary/aromatic N) is 3. The Hall–Kier alpha value is -4.26. The van der Waals surface area contributed by atoms with E-state index in [4.69, 9.17) is 0 Å². The van der Waals surface area contributed by atoms with Gasteiger partial charge in [0.2, 0.25) is 5.95 Å². The average molecular weight is 396 g/mol.